The second kappa shape index (κ2) is 5.23. The predicted octanol–water partition coefficient (Wildman–Crippen LogP) is 4.64. The van der Waals surface area contributed by atoms with E-state index < -0.39 is 0 Å². The topological polar surface area (TPSA) is 51.8 Å². The van der Waals surface area contributed by atoms with Crippen LogP contribution >= 0.6 is 23.2 Å². The molecule has 0 aliphatic heterocycles. The molecule has 0 saturated heterocycles. The molecule has 0 atom stereocenters. The Hall–Kier alpha value is -1.32. The maximum absolute atomic E-state index is 6.06. The lowest BCUT2D eigenvalue weighted by molar-refractivity contribution is 0.546. The summed E-state index contributed by atoms with van der Waals surface area (Å²) in [7, 11) is 0. The standard InChI is InChI=1S/C15H17Cl2N3/c1-8-12(9-5-10(16)7-11(17)6-9)19-14(15(2,3)4)20-13(8)18/h5-7H,1-4H3,(H2,18,19,20). The smallest absolute Gasteiger partial charge is 0.136 e. The molecule has 106 valence electrons. The van der Waals surface area contributed by atoms with Gasteiger partial charge in [-0.25, -0.2) is 9.97 Å². The molecule has 0 fully saturated rings. The van der Waals surface area contributed by atoms with Crippen LogP contribution in [0.15, 0.2) is 18.2 Å². The molecule has 3 nitrogen and oxygen atoms in total. The van der Waals surface area contributed by atoms with Crippen molar-refractivity contribution in [2.75, 3.05) is 5.73 Å². The van der Waals surface area contributed by atoms with E-state index in [1.807, 2.05) is 39.8 Å². The van der Waals surface area contributed by atoms with E-state index >= 15 is 0 Å². The third-order valence-electron chi connectivity index (χ3n) is 2.99. The molecule has 20 heavy (non-hydrogen) atoms. The minimum atomic E-state index is -0.182. The van der Waals surface area contributed by atoms with Gasteiger partial charge in [-0.05, 0) is 25.1 Å². The van der Waals surface area contributed by atoms with Crippen LogP contribution in [0.25, 0.3) is 11.3 Å². The van der Waals surface area contributed by atoms with Crippen LogP contribution in [0.3, 0.4) is 0 Å². The second-order valence-electron chi connectivity index (χ2n) is 5.81. The van der Waals surface area contributed by atoms with E-state index in [9.17, 15) is 0 Å². The highest BCUT2D eigenvalue weighted by atomic mass is 35.5. The number of rotatable bonds is 1. The van der Waals surface area contributed by atoms with Crippen molar-refractivity contribution in [2.45, 2.75) is 33.1 Å². The molecule has 0 saturated carbocycles. The van der Waals surface area contributed by atoms with Crippen LogP contribution in [0.2, 0.25) is 10.0 Å². The first-order valence-electron chi connectivity index (χ1n) is 6.29. The molecule has 2 N–H and O–H groups in total. The summed E-state index contributed by atoms with van der Waals surface area (Å²) < 4.78 is 0. The van der Waals surface area contributed by atoms with Gasteiger partial charge in [-0.1, -0.05) is 44.0 Å². The zero-order chi connectivity index (χ0) is 15.1. The van der Waals surface area contributed by atoms with Gasteiger partial charge in [0.15, 0.2) is 0 Å². The third kappa shape index (κ3) is 3.05. The summed E-state index contributed by atoms with van der Waals surface area (Å²) in [6.07, 6.45) is 0. The van der Waals surface area contributed by atoms with Crippen molar-refractivity contribution in [1.29, 1.82) is 0 Å². The van der Waals surface area contributed by atoms with Crippen LogP contribution in [0.1, 0.15) is 32.2 Å². The second-order valence-corrected chi connectivity index (χ2v) is 6.69. The van der Waals surface area contributed by atoms with Gasteiger partial charge in [0, 0.05) is 26.6 Å². The largest absolute Gasteiger partial charge is 0.383 e. The maximum Gasteiger partial charge on any atom is 0.136 e. The highest BCUT2D eigenvalue weighted by Crippen LogP contribution is 2.31. The monoisotopic (exact) mass is 309 g/mol. The van der Waals surface area contributed by atoms with Gasteiger partial charge in [0.05, 0.1) is 5.69 Å². The van der Waals surface area contributed by atoms with Gasteiger partial charge in [0.25, 0.3) is 0 Å². The molecular weight excluding hydrogens is 293 g/mol. The van der Waals surface area contributed by atoms with E-state index in [2.05, 4.69) is 9.97 Å². The van der Waals surface area contributed by atoms with E-state index in [1.165, 1.54) is 0 Å². The van der Waals surface area contributed by atoms with Gasteiger partial charge in [0.2, 0.25) is 0 Å². The maximum atomic E-state index is 6.06. The Bertz CT molecular complexity index is 641. The van der Waals surface area contributed by atoms with Crippen molar-refractivity contribution < 1.29 is 0 Å². The summed E-state index contributed by atoms with van der Waals surface area (Å²) in [5.74, 6) is 1.18. The van der Waals surface area contributed by atoms with Crippen LogP contribution in [0.5, 0.6) is 0 Å². The van der Waals surface area contributed by atoms with Crippen LogP contribution in [0.4, 0.5) is 5.82 Å². The minimum Gasteiger partial charge on any atom is -0.383 e. The van der Waals surface area contributed by atoms with Gasteiger partial charge >= 0.3 is 0 Å². The summed E-state index contributed by atoms with van der Waals surface area (Å²) in [6, 6.07) is 5.35. The van der Waals surface area contributed by atoms with Gasteiger partial charge in [0.1, 0.15) is 11.6 Å². The Kier molecular flexibility index (Phi) is 3.94. The van der Waals surface area contributed by atoms with E-state index in [0.29, 0.717) is 21.7 Å². The lowest BCUT2D eigenvalue weighted by Gasteiger charge is -2.19. The SMILES string of the molecule is Cc1c(N)nc(C(C)(C)C)nc1-c1cc(Cl)cc(Cl)c1. The highest BCUT2D eigenvalue weighted by Gasteiger charge is 2.21. The number of halogens is 2. The molecule has 1 heterocycles. The predicted molar refractivity (Wildman–Crippen MR) is 85.3 cm³/mol. The quantitative estimate of drug-likeness (QED) is 0.835. The van der Waals surface area contributed by atoms with Crippen molar-refractivity contribution in [1.82, 2.24) is 9.97 Å². The average molecular weight is 310 g/mol. The number of nitrogens with zero attached hydrogens (tertiary/aromatic N) is 2. The first kappa shape index (κ1) is 15.1. The number of nitrogen functional groups attached to an aromatic ring is 1. The zero-order valence-corrected chi connectivity index (χ0v) is 13.5. The van der Waals surface area contributed by atoms with Crippen molar-refractivity contribution in [3.05, 3.63) is 39.6 Å². The molecule has 0 radical (unpaired) electrons. The molecule has 0 bridgehead atoms. The first-order chi connectivity index (χ1) is 9.18. The molecule has 0 aliphatic carbocycles. The summed E-state index contributed by atoms with van der Waals surface area (Å²) >= 11 is 12.1. The Morgan fingerprint density at radius 2 is 1.55 bits per heavy atom. The fraction of sp³-hybridized carbons (Fsp3) is 0.333. The molecule has 0 aliphatic rings. The highest BCUT2D eigenvalue weighted by molar-refractivity contribution is 6.35. The molecule has 0 unspecified atom stereocenters. The van der Waals surface area contributed by atoms with Crippen molar-refractivity contribution >= 4 is 29.0 Å². The molecule has 1 aromatic carbocycles. The molecule has 0 spiro atoms. The summed E-state index contributed by atoms with van der Waals surface area (Å²) in [4.78, 5) is 9.02. The summed E-state index contributed by atoms with van der Waals surface area (Å²) in [5.41, 5.74) is 8.28. The van der Waals surface area contributed by atoms with E-state index in [0.717, 1.165) is 16.8 Å². The Labute approximate surface area is 129 Å². The minimum absolute atomic E-state index is 0.182. The van der Waals surface area contributed by atoms with E-state index in [-0.39, 0.29) is 5.41 Å². The van der Waals surface area contributed by atoms with E-state index in [1.54, 1.807) is 6.07 Å². The molecule has 5 heteroatoms. The van der Waals surface area contributed by atoms with Crippen LogP contribution in [-0.4, -0.2) is 9.97 Å². The Morgan fingerprint density at radius 1 is 1.00 bits per heavy atom. The van der Waals surface area contributed by atoms with Crippen molar-refractivity contribution in [3.8, 4) is 11.3 Å². The van der Waals surface area contributed by atoms with E-state index in [4.69, 9.17) is 28.9 Å². The number of anilines is 1. The Morgan fingerprint density at radius 3 is 2.05 bits per heavy atom. The van der Waals surface area contributed by atoms with Gasteiger partial charge < -0.3 is 5.73 Å². The molecule has 2 rings (SSSR count). The summed E-state index contributed by atoms with van der Waals surface area (Å²) in [5, 5.41) is 1.14. The number of benzene rings is 1. The summed E-state index contributed by atoms with van der Waals surface area (Å²) in [6.45, 7) is 8.04. The van der Waals surface area contributed by atoms with Crippen LogP contribution < -0.4 is 5.73 Å². The molecule has 1 aromatic heterocycles. The van der Waals surface area contributed by atoms with Gasteiger partial charge in [-0.3, -0.25) is 0 Å². The van der Waals surface area contributed by atoms with Crippen molar-refractivity contribution in [3.63, 3.8) is 0 Å². The molecular formula is C15H17Cl2N3. The third-order valence-corrected chi connectivity index (χ3v) is 3.43. The fourth-order valence-electron chi connectivity index (χ4n) is 1.84. The lowest BCUT2D eigenvalue weighted by atomic mass is 9.95. The Balaban J connectivity index is 2.70. The average Bonchev–Trinajstić information content (AvgIpc) is 2.29. The van der Waals surface area contributed by atoms with Crippen molar-refractivity contribution in [2.24, 2.45) is 0 Å². The molecule has 2 aromatic rings. The first-order valence-corrected chi connectivity index (χ1v) is 7.05. The number of nitrogens with two attached hydrogens (primary N) is 1. The number of hydrogen-bond donors (Lipinski definition) is 1. The normalized spacial score (nSPS) is 11.7. The fourth-order valence-corrected chi connectivity index (χ4v) is 2.37. The molecule has 0 amide bonds. The lowest BCUT2D eigenvalue weighted by Crippen LogP contribution is -2.18. The van der Waals surface area contributed by atoms with Crippen LogP contribution in [0, 0.1) is 6.92 Å². The zero-order valence-electron chi connectivity index (χ0n) is 12.0. The number of aromatic nitrogens is 2. The number of hydrogen-bond acceptors (Lipinski definition) is 3. The van der Waals surface area contributed by atoms with Gasteiger partial charge in [-0.2, -0.15) is 0 Å². The van der Waals surface area contributed by atoms with Crippen LogP contribution in [-0.2, 0) is 5.41 Å². The van der Waals surface area contributed by atoms with Gasteiger partial charge in [-0.15, -0.1) is 0 Å².